The molecule has 7 heteroatoms. The molecule has 0 unspecified atom stereocenters. The summed E-state index contributed by atoms with van der Waals surface area (Å²) < 4.78 is 31.4. The number of aromatic nitrogens is 1. The van der Waals surface area contributed by atoms with E-state index in [2.05, 4.69) is 10.3 Å². The summed E-state index contributed by atoms with van der Waals surface area (Å²) >= 11 is 0. The first-order valence-corrected chi connectivity index (χ1v) is 8.77. The van der Waals surface area contributed by atoms with Gasteiger partial charge in [-0.15, -0.1) is 0 Å². The summed E-state index contributed by atoms with van der Waals surface area (Å²) in [5.74, 6) is 0.684. The van der Waals surface area contributed by atoms with Gasteiger partial charge in [-0.25, -0.2) is 13.4 Å². The van der Waals surface area contributed by atoms with Crippen molar-refractivity contribution in [1.82, 2.24) is 9.29 Å². The van der Waals surface area contributed by atoms with E-state index in [0.717, 1.165) is 32.2 Å². The standard InChI is InChI=1S/C14H23N3O3S/c1-20-11-5-8-15-14-7-6-13(12-16-14)21(18,19)17-9-3-2-4-10-17/h6-7,12H,2-5,8-11H2,1H3,(H,15,16). The molecule has 1 aromatic rings. The van der Waals surface area contributed by atoms with Crippen LogP contribution in [0.1, 0.15) is 25.7 Å². The highest BCUT2D eigenvalue weighted by molar-refractivity contribution is 7.89. The molecule has 1 N–H and O–H groups in total. The van der Waals surface area contributed by atoms with Gasteiger partial charge in [0.25, 0.3) is 0 Å². The number of sulfonamides is 1. The number of anilines is 1. The maximum absolute atomic E-state index is 12.4. The number of ether oxygens (including phenoxy) is 1. The zero-order valence-corrected chi connectivity index (χ0v) is 13.2. The van der Waals surface area contributed by atoms with Crippen LogP contribution in [0.15, 0.2) is 23.2 Å². The van der Waals surface area contributed by atoms with E-state index in [4.69, 9.17) is 4.74 Å². The van der Waals surface area contributed by atoms with E-state index in [0.29, 0.717) is 25.5 Å². The van der Waals surface area contributed by atoms with Crippen molar-refractivity contribution in [1.29, 1.82) is 0 Å². The van der Waals surface area contributed by atoms with Crippen molar-refractivity contribution in [3.05, 3.63) is 18.3 Å². The van der Waals surface area contributed by atoms with Gasteiger partial charge >= 0.3 is 0 Å². The van der Waals surface area contributed by atoms with Crippen molar-refractivity contribution >= 4 is 15.8 Å². The first-order valence-electron chi connectivity index (χ1n) is 7.33. The zero-order valence-electron chi connectivity index (χ0n) is 12.4. The number of piperidine rings is 1. The average molecular weight is 313 g/mol. The largest absolute Gasteiger partial charge is 0.385 e. The van der Waals surface area contributed by atoms with Crippen LogP contribution < -0.4 is 5.32 Å². The van der Waals surface area contributed by atoms with Crippen LogP contribution in [0.25, 0.3) is 0 Å². The molecule has 2 heterocycles. The van der Waals surface area contributed by atoms with Gasteiger partial charge in [0, 0.05) is 39.5 Å². The lowest BCUT2D eigenvalue weighted by Crippen LogP contribution is -2.35. The predicted octanol–water partition coefficient (Wildman–Crippen LogP) is 1.70. The van der Waals surface area contributed by atoms with Gasteiger partial charge in [-0.2, -0.15) is 4.31 Å². The van der Waals surface area contributed by atoms with Crippen LogP contribution in [-0.4, -0.2) is 51.1 Å². The third kappa shape index (κ3) is 4.39. The highest BCUT2D eigenvalue weighted by Gasteiger charge is 2.25. The lowest BCUT2D eigenvalue weighted by molar-refractivity contribution is 0.198. The van der Waals surface area contributed by atoms with E-state index in [1.54, 1.807) is 23.5 Å². The number of nitrogens with one attached hydrogen (secondary N) is 1. The minimum absolute atomic E-state index is 0.270. The van der Waals surface area contributed by atoms with Crippen LogP contribution in [0.5, 0.6) is 0 Å². The van der Waals surface area contributed by atoms with Crippen LogP contribution in [0.3, 0.4) is 0 Å². The fourth-order valence-corrected chi connectivity index (χ4v) is 3.79. The molecular formula is C14H23N3O3S. The fraction of sp³-hybridized carbons (Fsp3) is 0.643. The second-order valence-electron chi connectivity index (χ2n) is 5.12. The van der Waals surface area contributed by atoms with Crippen molar-refractivity contribution in [2.24, 2.45) is 0 Å². The molecule has 118 valence electrons. The highest BCUT2D eigenvalue weighted by Crippen LogP contribution is 2.20. The fourth-order valence-electron chi connectivity index (χ4n) is 2.32. The maximum Gasteiger partial charge on any atom is 0.244 e. The second-order valence-corrected chi connectivity index (χ2v) is 7.05. The van der Waals surface area contributed by atoms with Crippen LogP contribution in [-0.2, 0) is 14.8 Å². The molecule has 2 rings (SSSR count). The number of nitrogens with zero attached hydrogens (tertiary/aromatic N) is 2. The van der Waals surface area contributed by atoms with Crippen molar-refractivity contribution in [2.45, 2.75) is 30.6 Å². The van der Waals surface area contributed by atoms with Gasteiger partial charge in [0.1, 0.15) is 10.7 Å². The molecule has 0 amide bonds. The summed E-state index contributed by atoms with van der Waals surface area (Å²) in [6.07, 6.45) is 5.29. The summed E-state index contributed by atoms with van der Waals surface area (Å²) in [6.45, 7) is 2.66. The number of rotatable bonds is 7. The van der Waals surface area contributed by atoms with Crippen LogP contribution >= 0.6 is 0 Å². The molecule has 0 radical (unpaired) electrons. The average Bonchev–Trinajstić information content (AvgIpc) is 2.53. The summed E-state index contributed by atoms with van der Waals surface area (Å²) in [5.41, 5.74) is 0. The number of methoxy groups -OCH3 is 1. The maximum atomic E-state index is 12.4. The lowest BCUT2D eigenvalue weighted by atomic mass is 10.2. The molecule has 1 aliphatic rings. The monoisotopic (exact) mass is 313 g/mol. The number of hydrogen-bond donors (Lipinski definition) is 1. The third-order valence-corrected chi connectivity index (χ3v) is 5.40. The molecule has 6 nitrogen and oxygen atoms in total. The van der Waals surface area contributed by atoms with Gasteiger partial charge in [-0.1, -0.05) is 6.42 Å². The Morgan fingerprint density at radius 1 is 1.29 bits per heavy atom. The minimum atomic E-state index is -3.38. The van der Waals surface area contributed by atoms with Gasteiger partial charge in [0.15, 0.2) is 0 Å². The van der Waals surface area contributed by atoms with E-state index >= 15 is 0 Å². The van der Waals surface area contributed by atoms with Crippen LogP contribution in [0.2, 0.25) is 0 Å². The van der Waals surface area contributed by atoms with Crippen molar-refractivity contribution in [2.75, 3.05) is 38.7 Å². The van der Waals surface area contributed by atoms with Crippen LogP contribution in [0, 0.1) is 0 Å². The molecule has 0 spiro atoms. The van der Waals surface area contributed by atoms with Gasteiger partial charge in [0.2, 0.25) is 10.0 Å². The first kappa shape index (κ1) is 16.2. The molecular weight excluding hydrogens is 290 g/mol. The molecule has 0 bridgehead atoms. The molecule has 1 aromatic heterocycles. The summed E-state index contributed by atoms with van der Waals surface area (Å²) in [5, 5.41) is 3.14. The van der Waals surface area contributed by atoms with Crippen molar-refractivity contribution < 1.29 is 13.2 Å². The highest BCUT2D eigenvalue weighted by atomic mass is 32.2. The van der Waals surface area contributed by atoms with Gasteiger partial charge in [0.05, 0.1) is 0 Å². The third-order valence-electron chi connectivity index (χ3n) is 3.52. The Balaban J connectivity index is 1.97. The van der Waals surface area contributed by atoms with E-state index in [1.807, 2.05) is 0 Å². The molecule has 0 aromatic carbocycles. The second kappa shape index (κ2) is 7.72. The Bertz CT molecular complexity index is 525. The minimum Gasteiger partial charge on any atom is -0.385 e. The van der Waals surface area contributed by atoms with Crippen LogP contribution in [0.4, 0.5) is 5.82 Å². The van der Waals surface area contributed by atoms with Gasteiger partial charge < -0.3 is 10.1 Å². The molecule has 0 saturated carbocycles. The molecule has 21 heavy (non-hydrogen) atoms. The van der Waals surface area contributed by atoms with Gasteiger partial charge in [-0.05, 0) is 31.4 Å². The topological polar surface area (TPSA) is 71.5 Å². The SMILES string of the molecule is COCCCNc1ccc(S(=O)(=O)N2CCCCC2)cn1. The molecule has 0 atom stereocenters. The number of hydrogen-bond acceptors (Lipinski definition) is 5. The summed E-state index contributed by atoms with van der Waals surface area (Å²) in [4.78, 5) is 4.45. The number of pyridine rings is 1. The Morgan fingerprint density at radius 2 is 2.05 bits per heavy atom. The van der Waals surface area contributed by atoms with Gasteiger partial charge in [-0.3, -0.25) is 0 Å². The molecule has 1 aliphatic heterocycles. The Hall–Kier alpha value is -1.18. The molecule has 0 aliphatic carbocycles. The normalized spacial score (nSPS) is 16.8. The Kier molecular flexibility index (Phi) is 5.96. The summed E-state index contributed by atoms with van der Waals surface area (Å²) in [6, 6.07) is 3.33. The van der Waals surface area contributed by atoms with E-state index < -0.39 is 10.0 Å². The Labute approximate surface area is 126 Å². The molecule has 1 fully saturated rings. The van der Waals surface area contributed by atoms with E-state index in [1.165, 1.54) is 6.20 Å². The lowest BCUT2D eigenvalue weighted by Gasteiger charge is -2.25. The first-order chi connectivity index (χ1) is 10.1. The van der Waals surface area contributed by atoms with Crippen molar-refractivity contribution in [3.63, 3.8) is 0 Å². The van der Waals surface area contributed by atoms with E-state index in [9.17, 15) is 8.42 Å². The molecule has 1 saturated heterocycles. The smallest absolute Gasteiger partial charge is 0.244 e. The van der Waals surface area contributed by atoms with E-state index in [-0.39, 0.29) is 4.90 Å². The summed E-state index contributed by atoms with van der Waals surface area (Å²) in [7, 11) is -1.72. The zero-order chi connectivity index (χ0) is 15.1. The predicted molar refractivity (Wildman–Crippen MR) is 81.8 cm³/mol. The van der Waals surface area contributed by atoms with Crippen molar-refractivity contribution in [3.8, 4) is 0 Å². The Morgan fingerprint density at radius 3 is 2.67 bits per heavy atom. The quantitative estimate of drug-likeness (QED) is 0.776.